The maximum atomic E-state index is 11.4. The molecule has 7 nitrogen and oxygen atoms in total. The fourth-order valence-corrected chi connectivity index (χ4v) is 2.78. The van der Waals surface area contributed by atoms with Gasteiger partial charge < -0.3 is 20.3 Å². The number of nitrogens with zero attached hydrogens (tertiary/aromatic N) is 2. The van der Waals surface area contributed by atoms with Gasteiger partial charge in [-0.2, -0.15) is 0 Å². The normalized spacial score (nSPS) is 15.9. The molecule has 24 heavy (non-hydrogen) atoms. The van der Waals surface area contributed by atoms with Crippen molar-refractivity contribution in [1.29, 1.82) is 0 Å². The number of ether oxygens (including phenoxy) is 1. The quantitative estimate of drug-likeness (QED) is 0.755. The van der Waals surface area contributed by atoms with Gasteiger partial charge in [-0.1, -0.05) is 12.1 Å². The SMILES string of the molecule is COc1ccc(CCN2CCN(CCC(=O)NC(N)=O)CC2)cc1. The first-order valence-corrected chi connectivity index (χ1v) is 8.24. The van der Waals surface area contributed by atoms with Gasteiger partial charge in [0.2, 0.25) is 5.91 Å². The van der Waals surface area contributed by atoms with Crippen LogP contribution in [0.5, 0.6) is 5.75 Å². The summed E-state index contributed by atoms with van der Waals surface area (Å²) in [5, 5.41) is 2.09. The zero-order chi connectivity index (χ0) is 17.4. The molecular formula is C17H26N4O3. The minimum Gasteiger partial charge on any atom is -0.497 e. The molecule has 1 fully saturated rings. The molecule has 7 heteroatoms. The van der Waals surface area contributed by atoms with Crippen LogP contribution in [0.4, 0.5) is 4.79 Å². The number of rotatable bonds is 7. The first-order chi connectivity index (χ1) is 11.6. The van der Waals surface area contributed by atoms with Gasteiger partial charge in [0, 0.05) is 45.7 Å². The summed E-state index contributed by atoms with van der Waals surface area (Å²) in [5.74, 6) is 0.567. The summed E-state index contributed by atoms with van der Waals surface area (Å²) in [6.45, 7) is 5.55. The largest absolute Gasteiger partial charge is 0.497 e. The molecule has 1 heterocycles. The summed E-state index contributed by atoms with van der Waals surface area (Å²) >= 11 is 0. The number of nitrogens with one attached hydrogen (secondary N) is 1. The van der Waals surface area contributed by atoms with Crippen LogP contribution in [0.15, 0.2) is 24.3 Å². The predicted octanol–water partition coefficient (Wildman–Crippen LogP) is 0.440. The molecule has 132 valence electrons. The minimum atomic E-state index is -0.789. The summed E-state index contributed by atoms with van der Waals surface area (Å²) in [6.07, 6.45) is 1.32. The molecule has 3 N–H and O–H groups in total. The lowest BCUT2D eigenvalue weighted by atomic mass is 10.1. The number of imide groups is 1. The standard InChI is InChI=1S/C17H26N4O3/c1-24-15-4-2-14(3-5-15)6-8-20-10-12-21(13-11-20)9-7-16(22)19-17(18)23/h2-5H,6-13H2,1H3,(H3,18,19,22,23). The van der Waals surface area contributed by atoms with Crippen LogP contribution in [0, 0.1) is 0 Å². The number of carbonyl (C=O) groups excluding carboxylic acids is 2. The number of carbonyl (C=O) groups is 2. The third-order valence-corrected chi connectivity index (χ3v) is 4.26. The summed E-state index contributed by atoms with van der Waals surface area (Å²) in [4.78, 5) is 26.7. The maximum absolute atomic E-state index is 11.4. The van der Waals surface area contributed by atoms with Gasteiger partial charge in [0.1, 0.15) is 5.75 Å². The van der Waals surface area contributed by atoms with E-state index in [4.69, 9.17) is 10.5 Å². The van der Waals surface area contributed by atoms with Gasteiger partial charge in [0.25, 0.3) is 0 Å². The van der Waals surface area contributed by atoms with Crippen molar-refractivity contribution >= 4 is 11.9 Å². The number of primary amides is 1. The van der Waals surface area contributed by atoms with Crippen LogP contribution in [0.2, 0.25) is 0 Å². The van der Waals surface area contributed by atoms with E-state index >= 15 is 0 Å². The fraction of sp³-hybridized carbons (Fsp3) is 0.529. The first kappa shape index (κ1) is 18.2. The van der Waals surface area contributed by atoms with Crippen molar-refractivity contribution in [3.05, 3.63) is 29.8 Å². The van der Waals surface area contributed by atoms with E-state index in [9.17, 15) is 9.59 Å². The molecule has 0 saturated carbocycles. The van der Waals surface area contributed by atoms with E-state index in [1.807, 2.05) is 12.1 Å². The van der Waals surface area contributed by atoms with Crippen LogP contribution < -0.4 is 15.8 Å². The van der Waals surface area contributed by atoms with E-state index in [1.54, 1.807) is 7.11 Å². The molecule has 0 radical (unpaired) electrons. The molecular weight excluding hydrogens is 308 g/mol. The molecule has 3 amide bonds. The van der Waals surface area contributed by atoms with Gasteiger partial charge in [0.15, 0.2) is 0 Å². The molecule has 1 aliphatic rings. The van der Waals surface area contributed by atoms with E-state index in [0.29, 0.717) is 13.0 Å². The third kappa shape index (κ3) is 6.17. The number of hydrogen-bond donors (Lipinski definition) is 2. The smallest absolute Gasteiger partial charge is 0.318 e. The zero-order valence-electron chi connectivity index (χ0n) is 14.2. The van der Waals surface area contributed by atoms with Crippen LogP contribution in [-0.4, -0.2) is 68.1 Å². The number of nitrogens with two attached hydrogens (primary N) is 1. The van der Waals surface area contributed by atoms with Gasteiger partial charge in [-0.15, -0.1) is 0 Å². The Balaban J connectivity index is 1.63. The Hall–Kier alpha value is -2.12. The fourth-order valence-electron chi connectivity index (χ4n) is 2.78. The van der Waals surface area contributed by atoms with Crippen molar-refractivity contribution in [3.63, 3.8) is 0 Å². The highest BCUT2D eigenvalue weighted by atomic mass is 16.5. The Kier molecular flexibility index (Phi) is 7.02. The molecule has 0 atom stereocenters. The second-order valence-corrected chi connectivity index (χ2v) is 5.94. The number of amides is 3. The third-order valence-electron chi connectivity index (χ3n) is 4.26. The van der Waals surface area contributed by atoms with Crippen LogP contribution in [-0.2, 0) is 11.2 Å². The monoisotopic (exact) mass is 334 g/mol. The Labute approximate surface area is 142 Å². The maximum Gasteiger partial charge on any atom is 0.318 e. The van der Waals surface area contributed by atoms with Crippen LogP contribution in [0.1, 0.15) is 12.0 Å². The molecule has 1 aromatic carbocycles. The number of hydrogen-bond acceptors (Lipinski definition) is 5. The van der Waals surface area contributed by atoms with Gasteiger partial charge >= 0.3 is 6.03 Å². The summed E-state index contributed by atoms with van der Waals surface area (Å²) in [7, 11) is 1.67. The summed E-state index contributed by atoms with van der Waals surface area (Å²) in [5.41, 5.74) is 6.23. The van der Waals surface area contributed by atoms with Crippen molar-refractivity contribution < 1.29 is 14.3 Å². The van der Waals surface area contributed by atoms with E-state index in [0.717, 1.165) is 44.9 Å². The lowest BCUT2D eigenvalue weighted by Gasteiger charge is -2.34. The lowest BCUT2D eigenvalue weighted by molar-refractivity contribution is -0.120. The van der Waals surface area contributed by atoms with Crippen molar-refractivity contribution in [2.75, 3.05) is 46.4 Å². The zero-order valence-corrected chi connectivity index (χ0v) is 14.2. The van der Waals surface area contributed by atoms with Crippen molar-refractivity contribution in [1.82, 2.24) is 15.1 Å². The number of urea groups is 1. The first-order valence-electron chi connectivity index (χ1n) is 8.24. The highest BCUT2D eigenvalue weighted by molar-refractivity contribution is 5.93. The van der Waals surface area contributed by atoms with E-state index in [-0.39, 0.29) is 5.91 Å². The minimum absolute atomic E-state index is 0.300. The molecule has 0 aromatic heterocycles. The van der Waals surface area contributed by atoms with E-state index in [1.165, 1.54) is 5.56 Å². The lowest BCUT2D eigenvalue weighted by Crippen LogP contribution is -2.48. The Morgan fingerprint density at radius 3 is 2.21 bits per heavy atom. The molecule has 0 unspecified atom stereocenters. The summed E-state index contributed by atoms with van der Waals surface area (Å²) in [6, 6.07) is 7.40. The van der Waals surface area contributed by atoms with Crippen LogP contribution >= 0.6 is 0 Å². The van der Waals surface area contributed by atoms with Crippen LogP contribution in [0.3, 0.4) is 0 Å². The Morgan fingerprint density at radius 1 is 1.08 bits per heavy atom. The highest BCUT2D eigenvalue weighted by Gasteiger charge is 2.17. The van der Waals surface area contributed by atoms with Crippen molar-refractivity contribution in [2.24, 2.45) is 5.73 Å². The number of piperazine rings is 1. The Bertz CT molecular complexity index is 539. The van der Waals surface area contributed by atoms with E-state index < -0.39 is 6.03 Å². The van der Waals surface area contributed by atoms with Crippen LogP contribution in [0.25, 0.3) is 0 Å². The second-order valence-electron chi connectivity index (χ2n) is 5.94. The average molecular weight is 334 g/mol. The number of benzene rings is 1. The summed E-state index contributed by atoms with van der Waals surface area (Å²) < 4.78 is 5.17. The van der Waals surface area contributed by atoms with Crippen molar-refractivity contribution in [3.8, 4) is 5.75 Å². The number of methoxy groups -OCH3 is 1. The molecule has 1 saturated heterocycles. The second kappa shape index (κ2) is 9.24. The molecule has 0 aliphatic carbocycles. The van der Waals surface area contributed by atoms with Gasteiger partial charge in [0.05, 0.1) is 7.11 Å². The molecule has 2 rings (SSSR count). The predicted molar refractivity (Wildman–Crippen MR) is 91.9 cm³/mol. The highest BCUT2D eigenvalue weighted by Crippen LogP contribution is 2.12. The van der Waals surface area contributed by atoms with Gasteiger partial charge in [-0.05, 0) is 24.1 Å². The molecule has 1 aliphatic heterocycles. The molecule has 0 spiro atoms. The topological polar surface area (TPSA) is 87.9 Å². The van der Waals surface area contributed by atoms with Crippen molar-refractivity contribution in [2.45, 2.75) is 12.8 Å². The average Bonchev–Trinajstić information content (AvgIpc) is 2.59. The van der Waals surface area contributed by atoms with E-state index in [2.05, 4.69) is 27.2 Å². The van der Waals surface area contributed by atoms with Gasteiger partial charge in [-0.3, -0.25) is 10.1 Å². The molecule has 1 aromatic rings. The van der Waals surface area contributed by atoms with Gasteiger partial charge in [-0.25, -0.2) is 4.79 Å². The Morgan fingerprint density at radius 2 is 1.67 bits per heavy atom. The molecule has 0 bridgehead atoms.